The molecule has 82 valence electrons. The smallest absolute Gasteiger partial charge is 0.337 e. The molecule has 0 fully saturated rings. The van der Waals surface area contributed by atoms with E-state index < -0.39 is 18.4 Å². The quantitative estimate of drug-likeness (QED) is 0.811. The molecule has 1 unspecified atom stereocenters. The van der Waals surface area contributed by atoms with E-state index in [-0.39, 0.29) is 11.3 Å². The van der Waals surface area contributed by atoms with Crippen LogP contribution in [0.1, 0.15) is 17.3 Å². The van der Waals surface area contributed by atoms with E-state index in [1.165, 1.54) is 19.1 Å². The number of hydrogen-bond donors (Lipinski definition) is 2. The van der Waals surface area contributed by atoms with Gasteiger partial charge in [-0.3, -0.25) is 0 Å². The SMILES string of the molecule is CC(Nc1ccccc1C(=O)O)C(F)F. The van der Waals surface area contributed by atoms with Gasteiger partial charge in [0.2, 0.25) is 0 Å². The van der Waals surface area contributed by atoms with Crippen molar-refractivity contribution in [3.63, 3.8) is 0 Å². The highest BCUT2D eigenvalue weighted by Gasteiger charge is 2.17. The highest BCUT2D eigenvalue weighted by Crippen LogP contribution is 2.17. The monoisotopic (exact) mass is 215 g/mol. The van der Waals surface area contributed by atoms with Gasteiger partial charge in [-0.15, -0.1) is 0 Å². The number of benzene rings is 1. The Hall–Kier alpha value is -1.65. The summed E-state index contributed by atoms with van der Waals surface area (Å²) >= 11 is 0. The summed E-state index contributed by atoms with van der Waals surface area (Å²) < 4.78 is 24.5. The summed E-state index contributed by atoms with van der Waals surface area (Å²) in [4.78, 5) is 10.7. The van der Waals surface area contributed by atoms with Crippen molar-refractivity contribution in [2.45, 2.75) is 19.4 Å². The zero-order valence-corrected chi connectivity index (χ0v) is 8.08. The zero-order valence-electron chi connectivity index (χ0n) is 8.08. The summed E-state index contributed by atoms with van der Waals surface area (Å²) in [6, 6.07) is 4.88. The van der Waals surface area contributed by atoms with E-state index in [9.17, 15) is 13.6 Å². The van der Waals surface area contributed by atoms with Crippen LogP contribution in [0, 0.1) is 0 Å². The second-order valence-corrected chi connectivity index (χ2v) is 3.12. The number of aromatic carboxylic acids is 1. The molecule has 0 aliphatic heterocycles. The van der Waals surface area contributed by atoms with Crippen molar-refractivity contribution in [1.29, 1.82) is 0 Å². The van der Waals surface area contributed by atoms with Crippen LogP contribution < -0.4 is 5.32 Å². The van der Waals surface area contributed by atoms with Gasteiger partial charge in [-0.2, -0.15) is 0 Å². The van der Waals surface area contributed by atoms with Gasteiger partial charge in [-0.25, -0.2) is 13.6 Å². The Morgan fingerprint density at radius 3 is 2.53 bits per heavy atom. The van der Waals surface area contributed by atoms with Crippen LogP contribution in [0.4, 0.5) is 14.5 Å². The third-order valence-electron chi connectivity index (χ3n) is 1.92. The average molecular weight is 215 g/mol. The number of alkyl halides is 2. The molecular formula is C10H11F2NO2. The van der Waals surface area contributed by atoms with Crippen LogP contribution in [0.15, 0.2) is 24.3 Å². The number of anilines is 1. The fourth-order valence-corrected chi connectivity index (χ4v) is 1.10. The predicted octanol–water partition coefficient (Wildman–Crippen LogP) is 2.45. The first kappa shape index (κ1) is 11.4. The average Bonchev–Trinajstić information content (AvgIpc) is 2.18. The van der Waals surface area contributed by atoms with Crippen LogP contribution in [-0.2, 0) is 0 Å². The number of halogens is 2. The van der Waals surface area contributed by atoms with Crippen LogP contribution in [-0.4, -0.2) is 23.5 Å². The largest absolute Gasteiger partial charge is 0.478 e. The zero-order chi connectivity index (χ0) is 11.4. The molecule has 0 saturated heterocycles. The van der Waals surface area contributed by atoms with Gasteiger partial charge >= 0.3 is 5.97 Å². The summed E-state index contributed by atoms with van der Waals surface area (Å²) in [5.41, 5.74) is 0.197. The first-order valence-corrected chi connectivity index (χ1v) is 4.39. The molecule has 0 saturated carbocycles. The molecule has 0 heterocycles. The van der Waals surface area contributed by atoms with E-state index in [0.29, 0.717) is 0 Å². The Labute approximate surface area is 85.7 Å². The van der Waals surface area contributed by atoms with Crippen molar-refractivity contribution in [2.75, 3.05) is 5.32 Å². The van der Waals surface area contributed by atoms with Crippen molar-refractivity contribution in [1.82, 2.24) is 0 Å². The fourth-order valence-electron chi connectivity index (χ4n) is 1.10. The number of rotatable bonds is 4. The Kier molecular flexibility index (Phi) is 3.60. The van der Waals surface area contributed by atoms with Crippen LogP contribution >= 0.6 is 0 Å². The van der Waals surface area contributed by atoms with Gasteiger partial charge in [0, 0.05) is 5.69 Å². The molecule has 5 heteroatoms. The molecule has 0 amide bonds. The Morgan fingerprint density at radius 2 is 2.00 bits per heavy atom. The summed E-state index contributed by atoms with van der Waals surface area (Å²) in [6.45, 7) is 1.29. The molecule has 0 radical (unpaired) electrons. The lowest BCUT2D eigenvalue weighted by Gasteiger charge is -2.15. The van der Waals surface area contributed by atoms with Gasteiger partial charge < -0.3 is 10.4 Å². The second-order valence-electron chi connectivity index (χ2n) is 3.12. The number of nitrogens with one attached hydrogen (secondary N) is 1. The summed E-state index contributed by atoms with van der Waals surface area (Å²) in [6.07, 6.45) is -2.54. The van der Waals surface area contributed by atoms with Gasteiger partial charge in [0.05, 0.1) is 11.6 Å². The number of para-hydroxylation sites is 1. The van der Waals surface area contributed by atoms with Crippen molar-refractivity contribution >= 4 is 11.7 Å². The van der Waals surface area contributed by atoms with E-state index in [1.807, 2.05) is 0 Å². The van der Waals surface area contributed by atoms with Crippen molar-refractivity contribution in [2.24, 2.45) is 0 Å². The number of carboxylic acids is 1. The first-order chi connectivity index (χ1) is 7.02. The van der Waals surface area contributed by atoms with Gasteiger partial charge in [0.15, 0.2) is 0 Å². The van der Waals surface area contributed by atoms with E-state index in [1.54, 1.807) is 12.1 Å². The Morgan fingerprint density at radius 1 is 1.40 bits per heavy atom. The van der Waals surface area contributed by atoms with Crippen LogP contribution in [0.5, 0.6) is 0 Å². The molecular weight excluding hydrogens is 204 g/mol. The van der Waals surface area contributed by atoms with Crippen molar-refractivity contribution in [3.8, 4) is 0 Å². The highest BCUT2D eigenvalue weighted by molar-refractivity contribution is 5.94. The third kappa shape index (κ3) is 2.90. The Balaban J connectivity index is 2.89. The standard InChI is InChI=1S/C10H11F2NO2/c1-6(9(11)12)13-8-5-3-2-4-7(8)10(14)15/h2-6,9,13H,1H3,(H,14,15). The molecule has 0 aliphatic rings. The molecule has 2 N–H and O–H groups in total. The lowest BCUT2D eigenvalue weighted by Crippen LogP contribution is -2.24. The lowest BCUT2D eigenvalue weighted by atomic mass is 10.1. The van der Waals surface area contributed by atoms with Crippen LogP contribution in [0.3, 0.4) is 0 Å². The first-order valence-electron chi connectivity index (χ1n) is 4.39. The molecule has 1 rings (SSSR count). The van der Waals surface area contributed by atoms with Crippen LogP contribution in [0.25, 0.3) is 0 Å². The van der Waals surface area contributed by atoms with Gasteiger partial charge in [0.1, 0.15) is 0 Å². The highest BCUT2D eigenvalue weighted by atomic mass is 19.3. The molecule has 1 aromatic rings. The fraction of sp³-hybridized carbons (Fsp3) is 0.300. The molecule has 0 spiro atoms. The van der Waals surface area contributed by atoms with Crippen molar-refractivity contribution in [3.05, 3.63) is 29.8 Å². The second kappa shape index (κ2) is 4.72. The maximum atomic E-state index is 12.2. The lowest BCUT2D eigenvalue weighted by molar-refractivity contribution is 0.0697. The molecule has 1 aromatic carbocycles. The number of carbonyl (C=O) groups is 1. The molecule has 15 heavy (non-hydrogen) atoms. The Bertz CT molecular complexity index is 355. The normalized spacial score (nSPS) is 12.5. The molecule has 0 aliphatic carbocycles. The minimum Gasteiger partial charge on any atom is -0.478 e. The van der Waals surface area contributed by atoms with Gasteiger partial charge in [-0.1, -0.05) is 12.1 Å². The molecule has 1 atom stereocenters. The summed E-state index contributed by atoms with van der Waals surface area (Å²) in [5.74, 6) is -1.14. The van der Waals surface area contributed by atoms with Gasteiger partial charge in [0.25, 0.3) is 6.43 Å². The summed E-state index contributed by atoms with van der Waals surface area (Å²) in [7, 11) is 0. The van der Waals surface area contributed by atoms with Gasteiger partial charge in [-0.05, 0) is 19.1 Å². The van der Waals surface area contributed by atoms with E-state index in [4.69, 9.17) is 5.11 Å². The van der Waals surface area contributed by atoms with Crippen LogP contribution in [0.2, 0.25) is 0 Å². The molecule has 3 nitrogen and oxygen atoms in total. The molecule has 0 aromatic heterocycles. The van der Waals surface area contributed by atoms with E-state index in [2.05, 4.69) is 5.32 Å². The minimum absolute atomic E-state index is 0.00926. The topological polar surface area (TPSA) is 49.3 Å². The number of carboxylic acid groups (broad SMARTS) is 1. The summed E-state index contributed by atoms with van der Waals surface area (Å²) in [5, 5.41) is 11.3. The minimum atomic E-state index is -2.54. The predicted molar refractivity (Wildman–Crippen MR) is 52.5 cm³/mol. The van der Waals surface area contributed by atoms with E-state index >= 15 is 0 Å². The molecule has 0 bridgehead atoms. The van der Waals surface area contributed by atoms with E-state index in [0.717, 1.165) is 0 Å². The third-order valence-corrected chi connectivity index (χ3v) is 1.92. The number of hydrogen-bond acceptors (Lipinski definition) is 2. The maximum Gasteiger partial charge on any atom is 0.337 e. The maximum absolute atomic E-state index is 12.2. The van der Waals surface area contributed by atoms with Crippen molar-refractivity contribution < 1.29 is 18.7 Å².